The maximum absolute atomic E-state index is 13.6. The van der Waals surface area contributed by atoms with E-state index in [1.165, 1.54) is 0 Å². The Balaban J connectivity index is 1.54. The number of amides is 2. The summed E-state index contributed by atoms with van der Waals surface area (Å²) in [5.74, 6) is 1.43. The lowest BCUT2D eigenvalue weighted by atomic mass is 10.1. The Morgan fingerprint density at radius 1 is 0.971 bits per heavy atom. The van der Waals surface area contributed by atoms with Crippen molar-refractivity contribution in [3.8, 4) is 11.5 Å². The van der Waals surface area contributed by atoms with Gasteiger partial charge in [-0.05, 0) is 54.1 Å². The third-order valence-corrected chi connectivity index (χ3v) is 6.45. The van der Waals surface area contributed by atoms with Crippen LogP contribution < -0.4 is 9.47 Å². The van der Waals surface area contributed by atoms with Gasteiger partial charge in [0.25, 0.3) is 5.91 Å². The number of benzene rings is 2. The Labute approximate surface area is 204 Å². The lowest BCUT2D eigenvalue weighted by molar-refractivity contribution is -0.133. The molecule has 0 radical (unpaired) electrons. The monoisotopic (exact) mass is 478 g/mol. The molecule has 0 aliphatic carbocycles. The molecule has 4 rings (SSSR count). The molecule has 0 saturated carbocycles. The normalized spacial score (nSPS) is 12.1. The molecule has 178 valence electrons. The topological polar surface area (TPSA) is 59.1 Å². The van der Waals surface area contributed by atoms with Crippen LogP contribution in [0.5, 0.6) is 11.5 Å². The van der Waals surface area contributed by atoms with Crippen LogP contribution in [0.1, 0.15) is 40.2 Å². The van der Waals surface area contributed by atoms with Gasteiger partial charge in [-0.3, -0.25) is 9.59 Å². The highest BCUT2D eigenvalue weighted by molar-refractivity contribution is 7.09. The molecule has 7 heteroatoms. The smallest absolute Gasteiger partial charge is 0.254 e. The van der Waals surface area contributed by atoms with Crippen LogP contribution in [0, 0.1) is 12.8 Å². The molecule has 2 heterocycles. The summed E-state index contributed by atoms with van der Waals surface area (Å²) in [5, 5.41) is 2.00. The molecule has 0 fully saturated rings. The minimum Gasteiger partial charge on any atom is -0.454 e. The molecule has 6 nitrogen and oxygen atoms in total. The number of fused-ring (bicyclic) bond motifs is 1. The Kier molecular flexibility index (Phi) is 7.53. The van der Waals surface area contributed by atoms with Crippen molar-refractivity contribution in [2.24, 2.45) is 5.92 Å². The largest absolute Gasteiger partial charge is 0.454 e. The van der Waals surface area contributed by atoms with Crippen LogP contribution in [0.3, 0.4) is 0 Å². The zero-order chi connectivity index (χ0) is 24.1. The highest BCUT2D eigenvalue weighted by atomic mass is 32.1. The molecule has 0 N–H and O–H groups in total. The summed E-state index contributed by atoms with van der Waals surface area (Å²) in [6.45, 7) is 7.74. The van der Waals surface area contributed by atoms with Gasteiger partial charge in [0.05, 0.1) is 6.54 Å². The summed E-state index contributed by atoms with van der Waals surface area (Å²) in [6, 6.07) is 17.2. The van der Waals surface area contributed by atoms with E-state index in [4.69, 9.17) is 9.47 Å². The van der Waals surface area contributed by atoms with Crippen molar-refractivity contribution in [2.75, 3.05) is 19.9 Å². The van der Waals surface area contributed by atoms with E-state index >= 15 is 0 Å². The van der Waals surface area contributed by atoms with Crippen molar-refractivity contribution in [1.82, 2.24) is 9.80 Å². The molecule has 3 aromatic rings. The van der Waals surface area contributed by atoms with Gasteiger partial charge in [-0.1, -0.05) is 43.7 Å². The maximum Gasteiger partial charge on any atom is 0.254 e. The van der Waals surface area contributed by atoms with Crippen molar-refractivity contribution in [1.29, 1.82) is 0 Å². The Hall–Kier alpha value is -3.32. The minimum absolute atomic E-state index is 0.0286. The van der Waals surface area contributed by atoms with E-state index in [2.05, 4.69) is 13.8 Å². The van der Waals surface area contributed by atoms with Crippen LogP contribution >= 0.6 is 11.3 Å². The van der Waals surface area contributed by atoms with Gasteiger partial charge in [-0.25, -0.2) is 0 Å². The van der Waals surface area contributed by atoms with Crippen molar-refractivity contribution in [3.63, 3.8) is 0 Å². The van der Waals surface area contributed by atoms with Crippen molar-refractivity contribution in [3.05, 3.63) is 81.5 Å². The molecule has 0 saturated heterocycles. The molecule has 0 spiro atoms. The lowest BCUT2D eigenvalue weighted by Gasteiger charge is -2.29. The standard InChI is InChI=1S/C27H30N2O4S/c1-19(2)14-29(27(31)22-9-6-20(3)7-10-22)17-26(30)28(16-23-5-4-12-34-23)15-21-8-11-24-25(13-21)33-18-32-24/h4-13,19H,14-18H2,1-3H3. The first-order valence-corrected chi connectivity index (χ1v) is 12.3. The Morgan fingerprint density at radius 2 is 1.74 bits per heavy atom. The van der Waals surface area contributed by atoms with Gasteiger partial charge in [0.1, 0.15) is 6.54 Å². The number of carbonyl (C=O) groups is 2. The van der Waals surface area contributed by atoms with Gasteiger partial charge in [-0.15, -0.1) is 11.3 Å². The molecule has 0 bridgehead atoms. The molecular weight excluding hydrogens is 448 g/mol. The molecule has 0 atom stereocenters. The number of carbonyl (C=O) groups excluding carboxylic acids is 2. The SMILES string of the molecule is Cc1ccc(C(=O)N(CC(=O)N(Cc2ccc3c(c2)OCO3)Cc2cccs2)CC(C)C)cc1. The highest BCUT2D eigenvalue weighted by Gasteiger charge is 2.24. The van der Waals surface area contributed by atoms with Crippen molar-refractivity contribution in [2.45, 2.75) is 33.9 Å². The van der Waals surface area contributed by atoms with Gasteiger partial charge in [0, 0.05) is 23.5 Å². The van der Waals surface area contributed by atoms with Crippen LogP contribution in [-0.4, -0.2) is 41.5 Å². The number of hydrogen-bond acceptors (Lipinski definition) is 5. The van der Waals surface area contributed by atoms with E-state index in [1.54, 1.807) is 21.1 Å². The number of aryl methyl sites for hydroxylation is 1. The van der Waals surface area contributed by atoms with E-state index in [0.717, 1.165) is 16.0 Å². The first-order valence-electron chi connectivity index (χ1n) is 11.4. The molecule has 1 aromatic heterocycles. The second-order valence-corrected chi connectivity index (χ2v) is 9.99. The highest BCUT2D eigenvalue weighted by Crippen LogP contribution is 2.33. The lowest BCUT2D eigenvalue weighted by Crippen LogP contribution is -2.43. The summed E-state index contributed by atoms with van der Waals surface area (Å²) < 4.78 is 10.9. The predicted octanol–water partition coefficient (Wildman–Crippen LogP) is 5.11. The van der Waals surface area contributed by atoms with Gasteiger partial charge in [0.2, 0.25) is 12.7 Å². The van der Waals surface area contributed by atoms with E-state index in [9.17, 15) is 9.59 Å². The fourth-order valence-corrected chi connectivity index (χ4v) is 4.60. The van der Waals surface area contributed by atoms with Crippen LogP contribution in [0.15, 0.2) is 60.0 Å². The zero-order valence-corrected chi connectivity index (χ0v) is 20.6. The average molecular weight is 479 g/mol. The Morgan fingerprint density at radius 3 is 2.44 bits per heavy atom. The van der Waals surface area contributed by atoms with Crippen LogP contribution in [0.4, 0.5) is 0 Å². The first-order chi connectivity index (χ1) is 16.4. The average Bonchev–Trinajstić information content (AvgIpc) is 3.49. The summed E-state index contributed by atoms with van der Waals surface area (Å²) >= 11 is 1.61. The summed E-state index contributed by atoms with van der Waals surface area (Å²) in [6.07, 6.45) is 0. The summed E-state index contributed by atoms with van der Waals surface area (Å²) in [7, 11) is 0. The van der Waals surface area contributed by atoms with Crippen LogP contribution in [0.25, 0.3) is 0 Å². The summed E-state index contributed by atoms with van der Waals surface area (Å²) in [4.78, 5) is 31.4. The molecular formula is C27H30N2O4S. The third kappa shape index (κ3) is 5.97. The maximum atomic E-state index is 13.6. The fourth-order valence-electron chi connectivity index (χ4n) is 3.88. The van der Waals surface area contributed by atoms with Crippen LogP contribution in [-0.2, 0) is 17.9 Å². The van der Waals surface area contributed by atoms with Gasteiger partial charge in [0.15, 0.2) is 11.5 Å². The third-order valence-electron chi connectivity index (χ3n) is 5.59. The van der Waals surface area contributed by atoms with E-state index < -0.39 is 0 Å². The van der Waals surface area contributed by atoms with Gasteiger partial charge >= 0.3 is 0 Å². The second-order valence-electron chi connectivity index (χ2n) is 8.96. The van der Waals surface area contributed by atoms with E-state index in [0.29, 0.717) is 36.7 Å². The number of thiophene rings is 1. The van der Waals surface area contributed by atoms with Gasteiger partial charge in [-0.2, -0.15) is 0 Å². The van der Waals surface area contributed by atoms with E-state index in [1.807, 2.05) is 66.9 Å². The zero-order valence-electron chi connectivity index (χ0n) is 19.8. The molecule has 2 amide bonds. The Bertz CT molecular complexity index is 1130. The van der Waals surface area contributed by atoms with Crippen molar-refractivity contribution >= 4 is 23.2 Å². The fraction of sp³-hybridized carbons (Fsp3) is 0.333. The number of rotatable bonds is 9. The summed E-state index contributed by atoms with van der Waals surface area (Å²) in [5.41, 5.74) is 2.64. The molecule has 2 aromatic carbocycles. The van der Waals surface area contributed by atoms with E-state index in [-0.39, 0.29) is 31.1 Å². The number of hydrogen-bond donors (Lipinski definition) is 0. The molecule has 1 aliphatic heterocycles. The second kappa shape index (κ2) is 10.7. The first kappa shape index (κ1) is 23.8. The van der Waals surface area contributed by atoms with Crippen molar-refractivity contribution < 1.29 is 19.1 Å². The van der Waals surface area contributed by atoms with Gasteiger partial charge < -0.3 is 19.3 Å². The molecule has 1 aliphatic rings. The minimum atomic E-state index is -0.124. The molecule has 0 unspecified atom stereocenters. The number of nitrogens with zero attached hydrogens (tertiary/aromatic N) is 2. The quantitative estimate of drug-likeness (QED) is 0.429. The number of ether oxygens (including phenoxy) is 2. The van der Waals surface area contributed by atoms with Crippen LogP contribution in [0.2, 0.25) is 0 Å². The predicted molar refractivity (Wildman–Crippen MR) is 133 cm³/mol. The molecule has 34 heavy (non-hydrogen) atoms.